The summed E-state index contributed by atoms with van der Waals surface area (Å²) in [6.45, 7) is 0. The Balaban J connectivity index is -0.00000162. The van der Waals surface area contributed by atoms with Crippen LogP contribution < -0.4 is 11.5 Å². The van der Waals surface area contributed by atoms with Gasteiger partial charge in [-0.1, -0.05) is 0 Å². The first-order chi connectivity index (χ1) is 8.73. The third kappa shape index (κ3) is 13.4. The van der Waals surface area contributed by atoms with Crippen LogP contribution in [0.4, 0.5) is 0 Å². The average molecular weight is 324 g/mol. The molecule has 0 aromatic rings. The number of carbonyl (C=O) groups is 4. The predicted molar refractivity (Wildman–Crippen MR) is 75.1 cm³/mol. The van der Waals surface area contributed by atoms with Crippen molar-refractivity contribution in [2.45, 2.75) is 37.8 Å². The number of aliphatic carboxylic acids is 2. The number of hydrogen-bond donors (Lipinski definition) is 4. The van der Waals surface area contributed by atoms with Crippen LogP contribution in [0.25, 0.3) is 0 Å². The number of carboxylic acid groups (broad SMARTS) is 2. The third-order valence-corrected chi connectivity index (χ3v) is 2.18. The first-order valence-electron chi connectivity index (χ1n) is 5.44. The maximum absolute atomic E-state index is 11.1. The second-order valence-electron chi connectivity index (χ2n) is 3.81. The Labute approximate surface area is 165 Å². The Morgan fingerprint density at radius 3 is 1.33 bits per heavy atom. The van der Waals surface area contributed by atoms with Crippen molar-refractivity contribution >= 4 is 83.0 Å². The molecule has 112 valence electrons. The summed E-state index contributed by atoms with van der Waals surface area (Å²) < 4.78 is 4.34. The van der Waals surface area contributed by atoms with Gasteiger partial charge in [-0.2, -0.15) is 0 Å². The van der Waals surface area contributed by atoms with E-state index in [1.165, 1.54) is 0 Å². The summed E-state index contributed by atoms with van der Waals surface area (Å²) >= 11 is 0. The van der Waals surface area contributed by atoms with Gasteiger partial charge in [-0.25, -0.2) is 0 Å². The zero-order valence-corrected chi connectivity index (χ0v) is 10.1. The van der Waals surface area contributed by atoms with Gasteiger partial charge in [-0.05, 0) is 12.8 Å². The molecule has 0 fully saturated rings. The van der Waals surface area contributed by atoms with Crippen LogP contribution in [-0.2, 0) is 23.9 Å². The molecule has 0 radical (unpaired) electrons. The minimum absolute atomic E-state index is 0. The number of ether oxygens (including phenoxy) is 1. The Morgan fingerprint density at radius 2 is 1.10 bits per heavy atom. The molecule has 0 heterocycles. The summed E-state index contributed by atoms with van der Waals surface area (Å²) in [6, 6.07) is -2.41. The van der Waals surface area contributed by atoms with Crippen LogP contribution >= 0.6 is 0 Å². The zero-order valence-electron chi connectivity index (χ0n) is 10.1. The molecule has 9 nitrogen and oxygen atoms in total. The van der Waals surface area contributed by atoms with E-state index in [1.807, 2.05) is 0 Å². The molecular formula is C10H18N2Na2O7. The van der Waals surface area contributed by atoms with Crippen LogP contribution in [-0.4, -0.2) is 105 Å². The van der Waals surface area contributed by atoms with Crippen molar-refractivity contribution < 1.29 is 34.1 Å². The van der Waals surface area contributed by atoms with Crippen molar-refractivity contribution in [3.63, 3.8) is 0 Å². The fraction of sp³-hybridized carbons (Fsp3) is 0.600. The minimum atomic E-state index is -1.26. The Morgan fingerprint density at radius 1 is 0.810 bits per heavy atom. The molecule has 2 atom stereocenters. The van der Waals surface area contributed by atoms with Crippen molar-refractivity contribution in [1.82, 2.24) is 0 Å². The van der Waals surface area contributed by atoms with E-state index >= 15 is 0 Å². The first-order valence-corrected chi connectivity index (χ1v) is 5.44. The van der Waals surface area contributed by atoms with Gasteiger partial charge in [0, 0.05) is 12.8 Å². The quantitative estimate of drug-likeness (QED) is 0.208. The first kappa shape index (κ1) is 25.9. The Hall–Kier alpha value is 0. The molecule has 0 bridgehead atoms. The van der Waals surface area contributed by atoms with E-state index in [0.717, 1.165) is 0 Å². The van der Waals surface area contributed by atoms with Gasteiger partial charge < -0.3 is 26.4 Å². The molecule has 0 aromatic heterocycles. The summed E-state index contributed by atoms with van der Waals surface area (Å²) in [6.07, 6.45) is -0.944. The van der Waals surface area contributed by atoms with Crippen LogP contribution in [0, 0.1) is 0 Å². The topological polar surface area (TPSA) is 170 Å². The second kappa shape index (κ2) is 13.6. The van der Waals surface area contributed by atoms with Gasteiger partial charge in [-0.3, -0.25) is 19.2 Å². The molecule has 0 aliphatic rings. The second-order valence-corrected chi connectivity index (χ2v) is 3.81. The van der Waals surface area contributed by atoms with E-state index in [9.17, 15) is 19.2 Å². The molecule has 0 saturated carbocycles. The van der Waals surface area contributed by atoms with Gasteiger partial charge in [0.1, 0.15) is 12.1 Å². The van der Waals surface area contributed by atoms with Gasteiger partial charge in [0.05, 0.1) is 0 Å². The SMILES string of the molecule is N[C@@H](CCC(=O)OC(=O)CC[C@H](N)C(=O)O)C(=O)O.[NaH].[NaH]. The van der Waals surface area contributed by atoms with E-state index in [1.54, 1.807) is 0 Å². The summed E-state index contributed by atoms with van der Waals surface area (Å²) in [5.41, 5.74) is 10.3. The van der Waals surface area contributed by atoms with Crippen LogP contribution in [0.15, 0.2) is 0 Å². The molecule has 0 aromatic carbocycles. The Bertz CT molecular complexity index is 344. The van der Waals surface area contributed by atoms with Crippen LogP contribution in [0.3, 0.4) is 0 Å². The third-order valence-electron chi connectivity index (χ3n) is 2.18. The van der Waals surface area contributed by atoms with Gasteiger partial charge in [0.25, 0.3) is 0 Å². The number of carboxylic acids is 2. The molecule has 11 heteroatoms. The van der Waals surface area contributed by atoms with Crippen molar-refractivity contribution in [1.29, 1.82) is 0 Å². The number of nitrogens with two attached hydrogens (primary N) is 2. The standard InChI is InChI=1S/C10H16N2O7.2Na.2H/c11-5(9(15)16)1-3-7(13)19-8(14)4-2-6(12)10(17)18;;;;/h5-6H,1-4,11-12H2,(H,15,16)(H,17,18);;;;/t5-,6-;;;;/m0..../s1. The summed E-state index contributed by atoms with van der Waals surface area (Å²) in [4.78, 5) is 43.0. The molecule has 0 aliphatic carbocycles. The molecule has 21 heavy (non-hydrogen) atoms. The molecule has 0 rings (SSSR count). The monoisotopic (exact) mass is 324 g/mol. The summed E-state index contributed by atoms with van der Waals surface area (Å²) in [5, 5.41) is 16.9. The average Bonchev–Trinajstić information content (AvgIpc) is 2.32. The van der Waals surface area contributed by atoms with E-state index < -0.39 is 36.0 Å². The van der Waals surface area contributed by atoms with Gasteiger partial charge >= 0.3 is 83.0 Å². The van der Waals surface area contributed by atoms with Crippen molar-refractivity contribution in [3.8, 4) is 0 Å². The van der Waals surface area contributed by atoms with Gasteiger partial charge in [0.2, 0.25) is 0 Å². The summed E-state index contributed by atoms with van der Waals surface area (Å²) in [5.74, 6) is -4.34. The zero-order chi connectivity index (χ0) is 15.0. The van der Waals surface area contributed by atoms with Crippen LogP contribution in [0.2, 0.25) is 0 Å². The van der Waals surface area contributed by atoms with E-state index in [0.29, 0.717) is 0 Å². The molecule has 0 amide bonds. The summed E-state index contributed by atoms with van der Waals surface area (Å²) in [7, 11) is 0. The fourth-order valence-corrected chi connectivity index (χ4v) is 1.02. The molecule has 6 N–H and O–H groups in total. The van der Waals surface area contributed by atoms with Crippen LogP contribution in [0.5, 0.6) is 0 Å². The van der Waals surface area contributed by atoms with Crippen LogP contribution in [0.1, 0.15) is 25.7 Å². The van der Waals surface area contributed by atoms with E-state index in [4.69, 9.17) is 21.7 Å². The van der Waals surface area contributed by atoms with E-state index in [2.05, 4.69) is 4.74 Å². The molecule has 0 spiro atoms. The number of hydrogen-bond acceptors (Lipinski definition) is 7. The van der Waals surface area contributed by atoms with Crippen molar-refractivity contribution in [2.75, 3.05) is 0 Å². The molecule has 0 saturated heterocycles. The molecule has 0 unspecified atom stereocenters. The number of esters is 2. The molecule has 0 aliphatic heterocycles. The molecular weight excluding hydrogens is 306 g/mol. The maximum atomic E-state index is 11.1. The fourth-order valence-electron chi connectivity index (χ4n) is 1.02. The van der Waals surface area contributed by atoms with Gasteiger partial charge in [0.15, 0.2) is 0 Å². The number of rotatable bonds is 8. The van der Waals surface area contributed by atoms with Crippen molar-refractivity contribution in [2.24, 2.45) is 11.5 Å². The van der Waals surface area contributed by atoms with Gasteiger partial charge in [-0.15, -0.1) is 0 Å². The predicted octanol–water partition coefficient (Wildman–Crippen LogP) is -2.86. The van der Waals surface area contributed by atoms with Crippen molar-refractivity contribution in [3.05, 3.63) is 0 Å². The normalized spacial score (nSPS) is 12.1. The van der Waals surface area contributed by atoms with E-state index in [-0.39, 0.29) is 84.8 Å². The number of carbonyl (C=O) groups excluding carboxylic acids is 2. The Kier molecular flexibility index (Phi) is 16.8.